The summed E-state index contributed by atoms with van der Waals surface area (Å²) in [6, 6.07) is 15.8. The number of piperidine rings is 1. The fraction of sp³-hybridized carbons (Fsp3) is 0.474. The van der Waals surface area contributed by atoms with E-state index in [4.69, 9.17) is 5.73 Å². The number of hydrogen-bond acceptors (Lipinski definition) is 3. The van der Waals surface area contributed by atoms with Crippen molar-refractivity contribution in [2.75, 3.05) is 33.7 Å². The zero-order chi connectivity index (χ0) is 15.5. The van der Waals surface area contributed by atoms with Gasteiger partial charge in [-0.3, -0.25) is 0 Å². The molecule has 22 heavy (non-hydrogen) atoms. The van der Waals surface area contributed by atoms with Crippen molar-refractivity contribution >= 4 is 10.8 Å². The van der Waals surface area contributed by atoms with Gasteiger partial charge in [-0.1, -0.05) is 36.4 Å². The zero-order valence-corrected chi connectivity index (χ0v) is 13.7. The van der Waals surface area contributed by atoms with Crippen molar-refractivity contribution in [3.8, 4) is 0 Å². The SMILES string of the molecule is CN1CCC(N(C)CC(N)c2ccc3ccccc3c2)CC1. The van der Waals surface area contributed by atoms with Gasteiger partial charge in [-0.15, -0.1) is 0 Å². The summed E-state index contributed by atoms with van der Waals surface area (Å²) in [7, 11) is 4.42. The Morgan fingerprint density at radius 1 is 1.14 bits per heavy atom. The van der Waals surface area contributed by atoms with Gasteiger partial charge in [0.25, 0.3) is 0 Å². The van der Waals surface area contributed by atoms with E-state index in [1.165, 1.54) is 42.3 Å². The van der Waals surface area contributed by atoms with Crippen LogP contribution in [-0.4, -0.2) is 49.6 Å². The highest BCUT2D eigenvalue weighted by atomic mass is 15.2. The van der Waals surface area contributed by atoms with Gasteiger partial charge in [-0.2, -0.15) is 0 Å². The molecule has 3 rings (SSSR count). The molecule has 2 N–H and O–H groups in total. The van der Waals surface area contributed by atoms with Gasteiger partial charge in [0.15, 0.2) is 0 Å². The molecule has 118 valence electrons. The van der Waals surface area contributed by atoms with Crippen molar-refractivity contribution in [1.82, 2.24) is 9.80 Å². The van der Waals surface area contributed by atoms with Crippen molar-refractivity contribution < 1.29 is 0 Å². The van der Waals surface area contributed by atoms with E-state index < -0.39 is 0 Å². The molecule has 1 heterocycles. The van der Waals surface area contributed by atoms with E-state index in [1.807, 2.05) is 0 Å². The van der Waals surface area contributed by atoms with E-state index in [1.54, 1.807) is 0 Å². The second-order valence-corrected chi connectivity index (χ2v) is 6.69. The lowest BCUT2D eigenvalue weighted by Crippen LogP contribution is -2.44. The van der Waals surface area contributed by atoms with Crippen molar-refractivity contribution in [2.45, 2.75) is 24.9 Å². The summed E-state index contributed by atoms with van der Waals surface area (Å²) in [5.41, 5.74) is 7.70. The third kappa shape index (κ3) is 3.49. The number of nitrogens with two attached hydrogens (primary N) is 1. The molecule has 1 fully saturated rings. The first-order valence-electron chi connectivity index (χ1n) is 8.26. The molecule has 0 saturated carbocycles. The second-order valence-electron chi connectivity index (χ2n) is 6.69. The van der Waals surface area contributed by atoms with Gasteiger partial charge in [0.2, 0.25) is 0 Å². The minimum atomic E-state index is 0.0780. The molecule has 2 aromatic rings. The molecular formula is C19H27N3. The summed E-state index contributed by atoms with van der Waals surface area (Å²) in [6.45, 7) is 3.31. The highest BCUT2D eigenvalue weighted by Crippen LogP contribution is 2.21. The molecule has 3 heteroatoms. The summed E-state index contributed by atoms with van der Waals surface area (Å²) in [5, 5.41) is 2.56. The molecular weight excluding hydrogens is 270 g/mol. The van der Waals surface area contributed by atoms with E-state index in [0.717, 1.165) is 6.54 Å². The van der Waals surface area contributed by atoms with Crippen LogP contribution in [-0.2, 0) is 0 Å². The molecule has 0 radical (unpaired) electrons. The van der Waals surface area contributed by atoms with Crippen LogP contribution < -0.4 is 5.73 Å². The van der Waals surface area contributed by atoms with Gasteiger partial charge in [0.1, 0.15) is 0 Å². The minimum Gasteiger partial charge on any atom is -0.323 e. The van der Waals surface area contributed by atoms with Crippen LogP contribution in [0.2, 0.25) is 0 Å². The lowest BCUT2D eigenvalue weighted by Gasteiger charge is -2.36. The van der Waals surface area contributed by atoms with Crippen molar-refractivity contribution in [3.63, 3.8) is 0 Å². The molecule has 3 nitrogen and oxygen atoms in total. The van der Waals surface area contributed by atoms with Crippen LogP contribution in [0.3, 0.4) is 0 Å². The van der Waals surface area contributed by atoms with E-state index >= 15 is 0 Å². The largest absolute Gasteiger partial charge is 0.323 e. The molecule has 1 atom stereocenters. The molecule has 0 aliphatic carbocycles. The van der Waals surface area contributed by atoms with E-state index in [-0.39, 0.29) is 6.04 Å². The first-order chi connectivity index (χ1) is 10.6. The summed E-state index contributed by atoms with van der Waals surface area (Å²) >= 11 is 0. The number of benzene rings is 2. The monoisotopic (exact) mass is 297 g/mol. The Labute approximate surface area is 133 Å². The summed E-state index contributed by atoms with van der Waals surface area (Å²) in [5.74, 6) is 0. The van der Waals surface area contributed by atoms with Gasteiger partial charge in [0.05, 0.1) is 0 Å². The van der Waals surface area contributed by atoms with Gasteiger partial charge in [-0.05, 0) is 62.4 Å². The average molecular weight is 297 g/mol. The maximum Gasteiger partial charge on any atom is 0.0424 e. The Morgan fingerprint density at radius 2 is 1.82 bits per heavy atom. The Bertz CT molecular complexity index is 617. The van der Waals surface area contributed by atoms with Crippen molar-refractivity contribution in [1.29, 1.82) is 0 Å². The van der Waals surface area contributed by atoms with Crippen LogP contribution in [0.4, 0.5) is 0 Å². The van der Waals surface area contributed by atoms with Gasteiger partial charge < -0.3 is 15.5 Å². The van der Waals surface area contributed by atoms with Crippen LogP contribution in [0, 0.1) is 0 Å². The lowest BCUT2D eigenvalue weighted by molar-refractivity contribution is 0.139. The molecule has 1 aliphatic rings. The van der Waals surface area contributed by atoms with Crippen LogP contribution in [0.1, 0.15) is 24.4 Å². The predicted molar refractivity (Wildman–Crippen MR) is 94.0 cm³/mol. The normalized spacial score (nSPS) is 18.9. The third-order valence-electron chi connectivity index (χ3n) is 5.00. The molecule has 1 aliphatic heterocycles. The number of likely N-dealkylation sites (tertiary alicyclic amines) is 1. The van der Waals surface area contributed by atoms with E-state index in [9.17, 15) is 0 Å². The molecule has 1 unspecified atom stereocenters. The Morgan fingerprint density at radius 3 is 2.55 bits per heavy atom. The van der Waals surface area contributed by atoms with Crippen LogP contribution in [0.25, 0.3) is 10.8 Å². The summed E-state index contributed by atoms with van der Waals surface area (Å²) in [4.78, 5) is 4.86. The molecule has 0 bridgehead atoms. The fourth-order valence-electron chi connectivity index (χ4n) is 3.44. The highest BCUT2D eigenvalue weighted by molar-refractivity contribution is 5.83. The van der Waals surface area contributed by atoms with E-state index in [2.05, 4.69) is 66.4 Å². The van der Waals surface area contributed by atoms with E-state index in [0.29, 0.717) is 6.04 Å². The van der Waals surface area contributed by atoms with Crippen LogP contribution in [0.5, 0.6) is 0 Å². The summed E-state index contributed by atoms with van der Waals surface area (Å²) < 4.78 is 0. The second kappa shape index (κ2) is 6.78. The number of rotatable bonds is 4. The van der Waals surface area contributed by atoms with Crippen molar-refractivity contribution in [3.05, 3.63) is 48.0 Å². The Hall–Kier alpha value is -1.42. The van der Waals surface area contributed by atoms with Crippen LogP contribution >= 0.6 is 0 Å². The maximum absolute atomic E-state index is 6.47. The fourth-order valence-corrected chi connectivity index (χ4v) is 3.44. The first kappa shape index (κ1) is 15.5. The average Bonchev–Trinajstić information content (AvgIpc) is 2.55. The minimum absolute atomic E-state index is 0.0780. The van der Waals surface area contributed by atoms with Gasteiger partial charge in [0, 0.05) is 18.6 Å². The molecule has 0 aromatic heterocycles. The smallest absolute Gasteiger partial charge is 0.0424 e. The standard InChI is InChI=1S/C19H27N3/c1-21-11-9-18(10-12-21)22(2)14-19(20)17-8-7-15-5-3-4-6-16(15)13-17/h3-8,13,18-19H,9-12,14,20H2,1-2H3. The summed E-state index contributed by atoms with van der Waals surface area (Å²) in [6.07, 6.45) is 2.49. The zero-order valence-electron chi connectivity index (χ0n) is 13.7. The predicted octanol–water partition coefficient (Wildman–Crippen LogP) is 2.87. The topological polar surface area (TPSA) is 32.5 Å². The molecule has 2 aromatic carbocycles. The first-order valence-corrected chi connectivity index (χ1v) is 8.26. The van der Waals surface area contributed by atoms with Crippen molar-refractivity contribution in [2.24, 2.45) is 5.73 Å². The number of likely N-dealkylation sites (N-methyl/N-ethyl adjacent to an activating group) is 1. The highest BCUT2D eigenvalue weighted by Gasteiger charge is 2.22. The number of nitrogens with zero attached hydrogens (tertiary/aromatic N) is 2. The number of fused-ring (bicyclic) bond motifs is 1. The van der Waals surface area contributed by atoms with Crippen LogP contribution in [0.15, 0.2) is 42.5 Å². The molecule has 1 saturated heterocycles. The Balaban J connectivity index is 1.66. The number of hydrogen-bond donors (Lipinski definition) is 1. The Kier molecular flexibility index (Phi) is 4.77. The quantitative estimate of drug-likeness (QED) is 0.942. The van der Waals surface area contributed by atoms with Gasteiger partial charge >= 0.3 is 0 Å². The third-order valence-corrected chi connectivity index (χ3v) is 5.00. The maximum atomic E-state index is 6.47. The molecule has 0 amide bonds. The lowest BCUT2D eigenvalue weighted by atomic mass is 10.00. The van der Waals surface area contributed by atoms with Gasteiger partial charge in [-0.25, -0.2) is 0 Å². The molecule has 0 spiro atoms.